The minimum absolute atomic E-state index is 0.179. The number of nitrogens with two attached hydrogens (primary N) is 1. The summed E-state index contributed by atoms with van der Waals surface area (Å²) in [5.74, 6) is 0.834. The summed E-state index contributed by atoms with van der Waals surface area (Å²) in [5.41, 5.74) is 5.76. The first-order chi connectivity index (χ1) is 8.95. The van der Waals surface area contributed by atoms with Crippen molar-refractivity contribution in [2.24, 2.45) is 17.1 Å². The van der Waals surface area contributed by atoms with Gasteiger partial charge in [0.1, 0.15) is 0 Å². The molecule has 0 saturated carbocycles. The van der Waals surface area contributed by atoms with Crippen LogP contribution in [-0.2, 0) is 4.79 Å². The molecule has 0 spiro atoms. The first kappa shape index (κ1) is 18.4. The lowest BCUT2D eigenvalue weighted by molar-refractivity contribution is -0.121. The van der Waals surface area contributed by atoms with E-state index in [2.05, 4.69) is 33.0 Å². The predicted octanol–water partition coefficient (Wildman–Crippen LogP) is 3.47. The number of amides is 1. The molecule has 3 N–H and O–H groups in total. The maximum absolute atomic E-state index is 11.8. The van der Waals surface area contributed by atoms with E-state index in [1.807, 2.05) is 0 Å². The molecule has 1 unspecified atom stereocenters. The SMILES string of the molecule is CCCCC(CC)CNC(=O)CCC(C)(C)CCN. The molecule has 0 heterocycles. The van der Waals surface area contributed by atoms with E-state index in [1.165, 1.54) is 19.3 Å². The lowest BCUT2D eigenvalue weighted by Crippen LogP contribution is -2.30. The molecule has 1 atom stereocenters. The zero-order valence-corrected chi connectivity index (χ0v) is 13.4. The molecule has 0 aliphatic rings. The second-order valence-electron chi connectivity index (χ2n) is 6.42. The summed E-state index contributed by atoms with van der Waals surface area (Å²) in [7, 11) is 0. The maximum Gasteiger partial charge on any atom is 0.220 e. The fourth-order valence-electron chi connectivity index (χ4n) is 2.26. The van der Waals surface area contributed by atoms with Gasteiger partial charge < -0.3 is 11.1 Å². The average molecular weight is 270 g/mol. The maximum atomic E-state index is 11.8. The van der Waals surface area contributed by atoms with Gasteiger partial charge in [0.25, 0.3) is 0 Å². The van der Waals surface area contributed by atoms with Crippen LogP contribution in [0.3, 0.4) is 0 Å². The minimum atomic E-state index is 0.179. The summed E-state index contributed by atoms with van der Waals surface area (Å²) in [6, 6.07) is 0. The molecule has 3 heteroatoms. The van der Waals surface area contributed by atoms with Gasteiger partial charge in [-0.1, -0.05) is 47.0 Å². The van der Waals surface area contributed by atoms with Crippen molar-refractivity contribution in [3.8, 4) is 0 Å². The third kappa shape index (κ3) is 9.94. The second-order valence-corrected chi connectivity index (χ2v) is 6.42. The van der Waals surface area contributed by atoms with Gasteiger partial charge in [0, 0.05) is 13.0 Å². The highest BCUT2D eigenvalue weighted by Gasteiger charge is 2.18. The van der Waals surface area contributed by atoms with Crippen molar-refractivity contribution in [1.82, 2.24) is 5.32 Å². The van der Waals surface area contributed by atoms with Gasteiger partial charge in [-0.05, 0) is 37.1 Å². The van der Waals surface area contributed by atoms with Crippen molar-refractivity contribution in [1.29, 1.82) is 0 Å². The standard InChI is InChI=1S/C16H34N2O/c1-5-7-8-14(6-2)13-18-15(19)9-10-16(3,4)11-12-17/h14H,5-13,17H2,1-4H3,(H,18,19). The molecule has 0 aromatic rings. The molecule has 19 heavy (non-hydrogen) atoms. The van der Waals surface area contributed by atoms with Gasteiger partial charge in [0.05, 0.1) is 0 Å². The summed E-state index contributed by atoms with van der Waals surface area (Å²) < 4.78 is 0. The highest BCUT2D eigenvalue weighted by Crippen LogP contribution is 2.25. The molecule has 0 fully saturated rings. The summed E-state index contributed by atoms with van der Waals surface area (Å²) in [5, 5.41) is 3.09. The Morgan fingerprint density at radius 3 is 2.47 bits per heavy atom. The van der Waals surface area contributed by atoms with Crippen LogP contribution >= 0.6 is 0 Å². The topological polar surface area (TPSA) is 55.1 Å². The van der Waals surface area contributed by atoms with Crippen LogP contribution in [0.1, 0.15) is 72.6 Å². The molecule has 0 bridgehead atoms. The normalized spacial score (nSPS) is 13.3. The quantitative estimate of drug-likeness (QED) is 0.604. The third-order valence-corrected chi connectivity index (χ3v) is 3.98. The highest BCUT2D eigenvalue weighted by molar-refractivity contribution is 5.75. The Labute approximate surface area is 119 Å². The van der Waals surface area contributed by atoms with Gasteiger partial charge in [-0.15, -0.1) is 0 Å². The lowest BCUT2D eigenvalue weighted by atomic mass is 9.84. The van der Waals surface area contributed by atoms with Crippen LogP contribution in [0.5, 0.6) is 0 Å². The number of unbranched alkanes of at least 4 members (excludes halogenated alkanes) is 1. The van der Waals surface area contributed by atoms with Crippen LogP contribution in [0, 0.1) is 11.3 Å². The first-order valence-corrected chi connectivity index (χ1v) is 7.92. The van der Waals surface area contributed by atoms with Gasteiger partial charge >= 0.3 is 0 Å². The van der Waals surface area contributed by atoms with E-state index in [9.17, 15) is 4.79 Å². The van der Waals surface area contributed by atoms with Crippen LogP contribution in [-0.4, -0.2) is 19.0 Å². The molecule has 0 saturated heterocycles. The number of carbonyl (C=O) groups excluding carboxylic acids is 1. The smallest absolute Gasteiger partial charge is 0.220 e. The molecule has 114 valence electrons. The molecule has 0 aromatic heterocycles. The fourth-order valence-corrected chi connectivity index (χ4v) is 2.26. The zero-order chi connectivity index (χ0) is 14.7. The number of hydrogen-bond donors (Lipinski definition) is 2. The number of carbonyl (C=O) groups is 1. The largest absolute Gasteiger partial charge is 0.356 e. The van der Waals surface area contributed by atoms with E-state index < -0.39 is 0 Å². The molecule has 0 aromatic carbocycles. The third-order valence-electron chi connectivity index (χ3n) is 3.98. The van der Waals surface area contributed by atoms with Crippen molar-refractivity contribution in [2.75, 3.05) is 13.1 Å². The monoisotopic (exact) mass is 270 g/mol. The van der Waals surface area contributed by atoms with E-state index in [0.717, 1.165) is 25.8 Å². The lowest BCUT2D eigenvalue weighted by Gasteiger charge is -2.23. The van der Waals surface area contributed by atoms with Crippen molar-refractivity contribution >= 4 is 5.91 Å². The number of nitrogens with one attached hydrogen (secondary N) is 1. The zero-order valence-electron chi connectivity index (χ0n) is 13.4. The van der Waals surface area contributed by atoms with Crippen molar-refractivity contribution in [3.63, 3.8) is 0 Å². The Bertz CT molecular complexity index is 239. The van der Waals surface area contributed by atoms with Crippen molar-refractivity contribution in [3.05, 3.63) is 0 Å². The Morgan fingerprint density at radius 2 is 1.95 bits per heavy atom. The Kier molecular flexibility index (Phi) is 9.94. The van der Waals surface area contributed by atoms with Gasteiger partial charge in [0.2, 0.25) is 5.91 Å². The van der Waals surface area contributed by atoms with Gasteiger partial charge in [0.15, 0.2) is 0 Å². The van der Waals surface area contributed by atoms with E-state index in [0.29, 0.717) is 18.9 Å². The van der Waals surface area contributed by atoms with Gasteiger partial charge in [-0.2, -0.15) is 0 Å². The van der Waals surface area contributed by atoms with Crippen LogP contribution < -0.4 is 11.1 Å². The highest BCUT2D eigenvalue weighted by atomic mass is 16.1. The van der Waals surface area contributed by atoms with Gasteiger partial charge in [-0.3, -0.25) is 4.79 Å². The van der Waals surface area contributed by atoms with E-state index in [-0.39, 0.29) is 11.3 Å². The Balaban J connectivity index is 3.85. The van der Waals surface area contributed by atoms with Crippen molar-refractivity contribution in [2.45, 2.75) is 72.6 Å². The predicted molar refractivity (Wildman–Crippen MR) is 83.0 cm³/mol. The Hall–Kier alpha value is -0.570. The van der Waals surface area contributed by atoms with Crippen LogP contribution in [0.15, 0.2) is 0 Å². The van der Waals surface area contributed by atoms with Crippen LogP contribution in [0.2, 0.25) is 0 Å². The number of hydrogen-bond acceptors (Lipinski definition) is 2. The molecule has 0 aliphatic carbocycles. The molecule has 0 radical (unpaired) electrons. The molecule has 0 rings (SSSR count). The van der Waals surface area contributed by atoms with E-state index in [1.54, 1.807) is 0 Å². The first-order valence-electron chi connectivity index (χ1n) is 7.92. The summed E-state index contributed by atoms with van der Waals surface area (Å²) >= 11 is 0. The molecule has 0 aliphatic heterocycles. The molecule has 3 nitrogen and oxygen atoms in total. The molecular weight excluding hydrogens is 236 g/mol. The van der Waals surface area contributed by atoms with Crippen LogP contribution in [0.4, 0.5) is 0 Å². The summed E-state index contributed by atoms with van der Waals surface area (Å²) in [4.78, 5) is 11.8. The average Bonchev–Trinajstić information content (AvgIpc) is 2.36. The number of rotatable bonds is 11. The summed E-state index contributed by atoms with van der Waals surface area (Å²) in [6.45, 7) is 10.3. The van der Waals surface area contributed by atoms with E-state index >= 15 is 0 Å². The van der Waals surface area contributed by atoms with Crippen LogP contribution in [0.25, 0.3) is 0 Å². The minimum Gasteiger partial charge on any atom is -0.356 e. The summed E-state index contributed by atoms with van der Waals surface area (Å²) in [6.07, 6.45) is 7.40. The van der Waals surface area contributed by atoms with E-state index in [4.69, 9.17) is 5.73 Å². The molecule has 1 amide bonds. The van der Waals surface area contributed by atoms with Crippen molar-refractivity contribution < 1.29 is 4.79 Å². The molecular formula is C16H34N2O. The Morgan fingerprint density at radius 1 is 1.26 bits per heavy atom. The van der Waals surface area contributed by atoms with Gasteiger partial charge in [-0.25, -0.2) is 0 Å². The fraction of sp³-hybridized carbons (Fsp3) is 0.938. The second kappa shape index (κ2) is 10.2.